The van der Waals surface area contributed by atoms with Crippen LogP contribution in [0.15, 0.2) is 0 Å². The van der Waals surface area contributed by atoms with Crippen molar-refractivity contribution in [2.75, 3.05) is 0 Å². The van der Waals surface area contributed by atoms with Gasteiger partial charge >= 0.3 is 0 Å². The van der Waals surface area contributed by atoms with Crippen molar-refractivity contribution >= 4 is 25.9 Å². The molecule has 0 fully saturated rings. The van der Waals surface area contributed by atoms with Crippen molar-refractivity contribution in [2.45, 2.75) is 135 Å². The van der Waals surface area contributed by atoms with Gasteiger partial charge in [-0.25, -0.2) is 0 Å². The first-order chi connectivity index (χ1) is 11.8. The summed E-state index contributed by atoms with van der Waals surface area (Å²) >= 11 is 0. The van der Waals surface area contributed by atoms with Crippen molar-refractivity contribution in [3.8, 4) is 0 Å². The molecule has 0 aliphatic rings. The second-order valence-electron chi connectivity index (χ2n) is 7.32. The Bertz CT molecular complexity index is 205. The van der Waals surface area contributed by atoms with Crippen LogP contribution in [0, 0.1) is 0 Å². The molecule has 0 aromatic carbocycles. The molecule has 141 valence electrons. The predicted octanol–water partition coefficient (Wildman–Crippen LogP) is 7.63. The van der Waals surface area contributed by atoms with Gasteiger partial charge in [-0.15, -0.1) is 0 Å². The van der Waals surface area contributed by atoms with E-state index >= 15 is 0 Å². The van der Waals surface area contributed by atoms with Crippen LogP contribution in [0.3, 0.4) is 0 Å². The van der Waals surface area contributed by atoms with Gasteiger partial charge in [0.05, 0.1) is 0 Å². The molecule has 5 radical (unpaired) electrons. The molecule has 0 spiro atoms. The molecule has 24 heavy (non-hydrogen) atoms. The van der Waals surface area contributed by atoms with Crippen LogP contribution in [0.4, 0.5) is 0 Å². The van der Waals surface area contributed by atoms with E-state index in [-0.39, 0.29) is 7.83 Å². The SMILES string of the molecule is CCCCCCC[Si][Si](CCCCCCC)[Si]CCCCCCC. The maximum Gasteiger partial charge on any atom is 0.0222 e. The molecule has 0 amide bonds. The van der Waals surface area contributed by atoms with Crippen LogP contribution in [0.5, 0.6) is 0 Å². The number of rotatable bonds is 20. The largest absolute Gasteiger partial charge is 0.0654 e. The molecule has 0 unspecified atom stereocenters. The number of unbranched alkanes of at least 4 members (excludes halogenated alkanes) is 12. The third-order valence-electron chi connectivity index (χ3n) is 4.77. The molecule has 0 nitrogen and oxygen atoms in total. The van der Waals surface area contributed by atoms with Gasteiger partial charge < -0.3 is 0 Å². The van der Waals surface area contributed by atoms with Gasteiger partial charge in [-0.1, -0.05) is 135 Å². The summed E-state index contributed by atoms with van der Waals surface area (Å²) in [6, 6.07) is 4.81. The Kier molecular flexibility index (Phi) is 22.3. The molecule has 0 aromatic rings. The molecule has 0 heterocycles. The molecule has 0 bridgehead atoms. The zero-order valence-corrected chi connectivity index (χ0v) is 20.2. The summed E-state index contributed by atoms with van der Waals surface area (Å²) in [7, 11) is 2.79. The Morgan fingerprint density at radius 1 is 0.458 bits per heavy atom. The molecular weight excluding hydrogens is 336 g/mol. The van der Waals surface area contributed by atoms with Crippen LogP contribution in [0.25, 0.3) is 0 Å². The Morgan fingerprint density at radius 2 is 0.833 bits per heavy atom. The molecule has 3 heteroatoms. The standard InChI is InChI=1S/C21H45Si3/c1-4-7-10-13-16-19-22-24(21-18-15-12-9-6-3)23-20-17-14-11-8-5-2/h4-21H2,1-3H3. The van der Waals surface area contributed by atoms with Gasteiger partial charge in [0, 0.05) is 25.9 Å². The zero-order valence-electron chi connectivity index (χ0n) is 17.2. The fourth-order valence-electron chi connectivity index (χ4n) is 3.08. The molecule has 0 aromatic heterocycles. The third kappa shape index (κ3) is 19.0. The maximum atomic E-state index is 2.33. The van der Waals surface area contributed by atoms with E-state index in [0.29, 0.717) is 0 Å². The molecule has 0 aliphatic carbocycles. The summed E-state index contributed by atoms with van der Waals surface area (Å²) in [6.07, 6.45) is 22.1. The van der Waals surface area contributed by atoms with E-state index in [1.807, 2.05) is 0 Å². The summed E-state index contributed by atoms with van der Waals surface area (Å²) in [5.41, 5.74) is 0. The first-order valence-corrected chi connectivity index (χ1v) is 17.3. The minimum absolute atomic E-state index is 0.0388. The van der Waals surface area contributed by atoms with Gasteiger partial charge in [-0.05, 0) is 0 Å². The minimum Gasteiger partial charge on any atom is -0.0654 e. The minimum atomic E-state index is 0.0388. The molecule has 0 N–H and O–H groups in total. The van der Waals surface area contributed by atoms with E-state index in [9.17, 15) is 0 Å². The first-order valence-electron chi connectivity index (χ1n) is 11.2. The second kappa shape index (κ2) is 21.7. The van der Waals surface area contributed by atoms with E-state index in [4.69, 9.17) is 0 Å². The summed E-state index contributed by atoms with van der Waals surface area (Å²) in [4.78, 5) is 0. The first kappa shape index (κ1) is 24.7. The molecular formula is C21H45Si3. The van der Waals surface area contributed by atoms with Crippen molar-refractivity contribution in [3.05, 3.63) is 0 Å². The normalized spacial score (nSPS) is 11.5. The van der Waals surface area contributed by atoms with E-state index < -0.39 is 0 Å². The summed E-state index contributed by atoms with van der Waals surface area (Å²) in [5, 5.41) is 0. The van der Waals surface area contributed by atoms with Crippen molar-refractivity contribution in [1.82, 2.24) is 0 Å². The average Bonchev–Trinajstić information content (AvgIpc) is 2.60. The number of hydrogen-bond donors (Lipinski definition) is 0. The molecule has 0 saturated carbocycles. The Morgan fingerprint density at radius 3 is 1.25 bits per heavy atom. The average molecular weight is 382 g/mol. The van der Waals surface area contributed by atoms with Gasteiger partial charge in [-0.3, -0.25) is 0 Å². The Balaban J connectivity index is 3.74. The van der Waals surface area contributed by atoms with Crippen LogP contribution >= 0.6 is 0 Å². The van der Waals surface area contributed by atoms with Gasteiger partial charge in [0.25, 0.3) is 0 Å². The Labute approximate surface area is 161 Å². The van der Waals surface area contributed by atoms with E-state index in [1.165, 1.54) is 108 Å². The lowest BCUT2D eigenvalue weighted by atomic mass is 10.2. The van der Waals surface area contributed by atoms with Crippen LogP contribution < -0.4 is 0 Å². The highest BCUT2D eigenvalue weighted by atomic mass is 29.6. The second-order valence-corrected chi connectivity index (χ2v) is 17.7. The van der Waals surface area contributed by atoms with Gasteiger partial charge in [0.1, 0.15) is 0 Å². The summed E-state index contributed by atoms with van der Waals surface area (Å²) in [5.74, 6) is 0. The predicted molar refractivity (Wildman–Crippen MR) is 118 cm³/mol. The molecule has 0 rings (SSSR count). The smallest absolute Gasteiger partial charge is 0.0222 e. The lowest BCUT2D eigenvalue weighted by Crippen LogP contribution is -2.30. The fraction of sp³-hybridized carbons (Fsp3) is 1.00. The van der Waals surface area contributed by atoms with Crippen molar-refractivity contribution in [3.63, 3.8) is 0 Å². The van der Waals surface area contributed by atoms with Crippen molar-refractivity contribution in [1.29, 1.82) is 0 Å². The van der Waals surface area contributed by atoms with E-state index in [2.05, 4.69) is 20.8 Å². The fourth-order valence-corrected chi connectivity index (χ4v) is 14.4. The quantitative estimate of drug-likeness (QED) is 0.150. The van der Waals surface area contributed by atoms with E-state index in [1.54, 1.807) is 24.6 Å². The Hall–Kier alpha value is 0.651. The number of hydrogen-bond acceptors (Lipinski definition) is 0. The molecule has 0 aliphatic heterocycles. The lowest BCUT2D eigenvalue weighted by Gasteiger charge is -2.14. The topological polar surface area (TPSA) is 0 Å². The summed E-state index contributed by atoms with van der Waals surface area (Å²) < 4.78 is 0. The highest BCUT2D eigenvalue weighted by Gasteiger charge is 2.11. The van der Waals surface area contributed by atoms with Gasteiger partial charge in [0.2, 0.25) is 0 Å². The zero-order chi connectivity index (χ0) is 17.7. The van der Waals surface area contributed by atoms with Gasteiger partial charge in [0.15, 0.2) is 0 Å². The van der Waals surface area contributed by atoms with Crippen LogP contribution in [-0.2, 0) is 0 Å². The third-order valence-corrected chi connectivity index (χ3v) is 16.4. The molecule has 0 atom stereocenters. The summed E-state index contributed by atoms with van der Waals surface area (Å²) in [6.45, 7) is 6.97. The lowest BCUT2D eigenvalue weighted by molar-refractivity contribution is 0.653. The van der Waals surface area contributed by atoms with Crippen molar-refractivity contribution < 1.29 is 0 Å². The highest BCUT2D eigenvalue weighted by molar-refractivity contribution is 7.39. The van der Waals surface area contributed by atoms with Crippen LogP contribution in [0.2, 0.25) is 18.1 Å². The van der Waals surface area contributed by atoms with Crippen LogP contribution in [-0.4, -0.2) is 25.9 Å². The monoisotopic (exact) mass is 381 g/mol. The molecule has 0 saturated heterocycles. The van der Waals surface area contributed by atoms with E-state index in [0.717, 1.165) is 0 Å². The maximum absolute atomic E-state index is 2.33. The van der Waals surface area contributed by atoms with Gasteiger partial charge in [-0.2, -0.15) is 0 Å². The van der Waals surface area contributed by atoms with Crippen molar-refractivity contribution in [2.24, 2.45) is 0 Å². The van der Waals surface area contributed by atoms with Crippen LogP contribution in [0.1, 0.15) is 117 Å². The highest BCUT2D eigenvalue weighted by Crippen LogP contribution is 2.12.